The molecule has 24 heavy (non-hydrogen) atoms. The van der Waals surface area contributed by atoms with Gasteiger partial charge in [0, 0.05) is 44.6 Å². The molecule has 1 aliphatic carbocycles. The molecular formula is C19H23N3O2. The molecule has 2 N–H and O–H groups in total. The summed E-state index contributed by atoms with van der Waals surface area (Å²) in [5.74, 6) is -0.00754. The van der Waals surface area contributed by atoms with Gasteiger partial charge in [0.1, 0.15) is 0 Å². The number of H-pyrrole nitrogens is 1. The van der Waals surface area contributed by atoms with Crippen LogP contribution in [0.5, 0.6) is 0 Å². The summed E-state index contributed by atoms with van der Waals surface area (Å²) in [5.41, 5.74) is 3.49. The second-order valence-corrected chi connectivity index (χ2v) is 6.83. The largest absolute Gasteiger partial charge is 0.390 e. The van der Waals surface area contributed by atoms with Gasteiger partial charge < -0.3 is 15.0 Å². The monoisotopic (exact) mass is 325 g/mol. The van der Waals surface area contributed by atoms with Gasteiger partial charge >= 0.3 is 0 Å². The number of hydrogen-bond acceptors (Lipinski definition) is 3. The van der Waals surface area contributed by atoms with Crippen LogP contribution in [0.1, 0.15) is 21.5 Å². The van der Waals surface area contributed by atoms with Crippen molar-refractivity contribution < 1.29 is 9.90 Å². The van der Waals surface area contributed by atoms with Gasteiger partial charge in [-0.2, -0.15) is 0 Å². The number of nitrogens with zero attached hydrogens (tertiary/aromatic N) is 2. The molecule has 0 bridgehead atoms. The summed E-state index contributed by atoms with van der Waals surface area (Å²) < 4.78 is 0. The van der Waals surface area contributed by atoms with Gasteiger partial charge in [0.05, 0.1) is 11.7 Å². The lowest BCUT2D eigenvalue weighted by atomic mass is 10.1. The van der Waals surface area contributed by atoms with Crippen molar-refractivity contribution in [2.24, 2.45) is 0 Å². The number of aromatic nitrogens is 1. The normalized spacial score (nSPS) is 22.4. The molecule has 0 spiro atoms. The van der Waals surface area contributed by atoms with E-state index in [2.05, 4.69) is 34.1 Å². The number of carbonyl (C=O) groups excluding carboxylic acids is 1. The Labute approximate surface area is 141 Å². The standard InChI is InChI=1S/C19H23N3O2/c23-18-12-21(17-9-14-3-1-2-4-15(14)10-17)7-8-22(13-18)19(24)16-5-6-20-11-16/h1-6,11,17-18,20,23H,7-10,12-13H2/t18-/m1/s1. The molecule has 5 nitrogen and oxygen atoms in total. The van der Waals surface area contributed by atoms with E-state index < -0.39 is 6.10 Å². The van der Waals surface area contributed by atoms with Crippen LogP contribution in [0.25, 0.3) is 0 Å². The molecule has 0 unspecified atom stereocenters. The minimum absolute atomic E-state index is 0.00754. The van der Waals surface area contributed by atoms with Gasteiger partial charge in [-0.25, -0.2) is 0 Å². The lowest BCUT2D eigenvalue weighted by Gasteiger charge is -2.28. The van der Waals surface area contributed by atoms with Crippen LogP contribution in [0.15, 0.2) is 42.7 Å². The summed E-state index contributed by atoms with van der Waals surface area (Å²) >= 11 is 0. The van der Waals surface area contributed by atoms with Crippen molar-refractivity contribution in [3.8, 4) is 0 Å². The van der Waals surface area contributed by atoms with E-state index in [4.69, 9.17) is 0 Å². The minimum atomic E-state index is -0.501. The molecule has 1 saturated heterocycles. The number of aliphatic hydroxyl groups excluding tert-OH is 1. The molecule has 1 aliphatic heterocycles. The summed E-state index contributed by atoms with van der Waals surface area (Å²) in [7, 11) is 0. The van der Waals surface area contributed by atoms with E-state index in [-0.39, 0.29) is 5.91 Å². The van der Waals surface area contributed by atoms with E-state index in [0.29, 0.717) is 31.2 Å². The van der Waals surface area contributed by atoms with Crippen LogP contribution >= 0.6 is 0 Å². The number of carbonyl (C=O) groups is 1. The molecule has 0 radical (unpaired) electrons. The highest BCUT2D eigenvalue weighted by Crippen LogP contribution is 2.26. The highest BCUT2D eigenvalue weighted by atomic mass is 16.3. The first-order valence-electron chi connectivity index (χ1n) is 8.61. The maximum Gasteiger partial charge on any atom is 0.255 e. The van der Waals surface area contributed by atoms with Crippen LogP contribution < -0.4 is 0 Å². The number of amides is 1. The second-order valence-electron chi connectivity index (χ2n) is 6.83. The molecule has 1 atom stereocenters. The molecule has 0 saturated carbocycles. The molecule has 1 fully saturated rings. The van der Waals surface area contributed by atoms with Crippen LogP contribution in [-0.2, 0) is 12.8 Å². The number of nitrogens with one attached hydrogen (secondary N) is 1. The van der Waals surface area contributed by atoms with E-state index in [1.807, 2.05) is 0 Å². The van der Waals surface area contributed by atoms with Gasteiger partial charge in [0.25, 0.3) is 5.91 Å². The zero-order valence-corrected chi connectivity index (χ0v) is 13.7. The van der Waals surface area contributed by atoms with Crippen molar-refractivity contribution in [3.63, 3.8) is 0 Å². The topological polar surface area (TPSA) is 59.6 Å². The molecule has 5 heteroatoms. The van der Waals surface area contributed by atoms with Gasteiger partial charge in [-0.3, -0.25) is 9.69 Å². The molecule has 4 rings (SSSR count). The number of benzene rings is 1. The van der Waals surface area contributed by atoms with E-state index in [1.165, 1.54) is 11.1 Å². The maximum atomic E-state index is 12.5. The Balaban J connectivity index is 1.44. The van der Waals surface area contributed by atoms with Crippen LogP contribution in [-0.4, -0.2) is 64.1 Å². The zero-order valence-electron chi connectivity index (χ0n) is 13.7. The summed E-state index contributed by atoms with van der Waals surface area (Å²) in [6, 6.07) is 10.8. The average molecular weight is 325 g/mol. The van der Waals surface area contributed by atoms with Gasteiger partial charge in [-0.1, -0.05) is 24.3 Å². The first kappa shape index (κ1) is 15.4. The average Bonchev–Trinajstić information content (AvgIpc) is 3.22. The number of β-amino-alcohol motifs (C(OH)–C–C–N with tert-alkyl or cyclic N) is 1. The van der Waals surface area contributed by atoms with Crippen LogP contribution in [0.4, 0.5) is 0 Å². The molecule has 1 aromatic carbocycles. The maximum absolute atomic E-state index is 12.5. The third kappa shape index (κ3) is 2.97. The van der Waals surface area contributed by atoms with Gasteiger partial charge in [0.2, 0.25) is 0 Å². The van der Waals surface area contributed by atoms with E-state index in [9.17, 15) is 9.90 Å². The quantitative estimate of drug-likeness (QED) is 0.875. The molecule has 1 amide bonds. The Bertz CT molecular complexity index is 688. The second kappa shape index (κ2) is 6.42. The van der Waals surface area contributed by atoms with Gasteiger partial charge in [-0.15, -0.1) is 0 Å². The minimum Gasteiger partial charge on any atom is -0.390 e. The fraction of sp³-hybridized carbons (Fsp3) is 0.421. The number of aromatic amines is 1. The zero-order chi connectivity index (χ0) is 16.5. The van der Waals surface area contributed by atoms with E-state index in [1.54, 1.807) is 23.4 Å². The summed E-state index contributed by atoms with van der Waals surface area (Å²) in [6.45, 7) is 2.51. The molecule has 2 aromatic rings. The van der Waals surface area contributed by atoms with Gasteiger partial charge in [-0.05, 0) is 30.0 Å². The number of rotatable bonds is 2. The van der Waals surface area contributed by atoms with Crippen molar-refractivity contribution in [2.75, 3.05) is 26.2 Å². The molecule has 126 valence electrons. The van der Waals surface area contributed by atoms with E-state index in [0.717, 1.165) is 19.4 Å². The third-order valence-corrected chi connectivity index (χ3v) is 5.21. The van der Waals surface area contributed by atoms with Crippen molar-refractivity contribution >= 4 is 5.91 Å². The predicted octanol–water partition coefficient (Wildman–Crippen LogP) is 1.30. The summed E-state index contributed by atoms with van der Waals surface area (Å²) in [5, 5.41) is 10.4. The third-order valence-electron chi connectivity index (χ3n) is 5.21. The van der Waals surface area contributed by atoms with Gasteiger partial charge in [0.15, 0.2) is 0 Å². The Kier molecular flexibility index (Phi) is 4.12. The molecule has 2 aliphatic rings. The Morgan fingerprint density at radius 2 is 1.83 bits per heavy atom. The molecular weight excluding hydrogens is 302 g/mol. The molecule has 1 aromatic heterocycles. The number of aliphatic hydroxyl groups is 1. The van der Waals surface area contributed by atoms with Crippen LogP contribution in [0, 0.1) is 0 Å². The van der Waals surface area contributed by atoms with Crippen molar-refractivity contribution in [1.29, 1.82) is 0 Å². The lowest BCUT2D eigenvalue weighted by molar-refractivity contribution is 0.0656. The Hall–Kier alpha value is -2.11. The first-order valence-corrected chi connectivity index (χ1v) is 8.61. The summed E-state index contributed by atoms with van der Waals surface area (Å²) in [4.78, 5) is 19.6. The predicted molar refractivity (Wildman–Crippen MR) is 91.9 cm³/mol. The lowest BCUT2D eigenvalue weighted by Crippen LogP contribution is -2.41. The van der Waals surface area contributed by atoms with Crippen LogP contribution in [0.2, 0.25) is 0 Å². The van der Waals surface area contributed by atoms with Crippen molar-refractivity contribution in [2.45, 2.75) is 25.0 Å². The van der Waals surface area contributed by atoms with Crippen molar-refractivity contribution in [1.82, 2.24) is 14.8 Å². The first-order chi connectivity index (χ1) is 11.7. The van der Waals surface area contributed by atoms with Crippen molar-refractivity contribution in [3.05, 3.63) is 59.4 Å². The number of hydrogen-bond donors (Lipinski definition) is 2. The fourth-order valence-corrected chi connectivity index (χ4v) is 3.96. The Morgan fingerprint density at radius 3 is 2.50 bits per heavy atom. The highest BCUT2D eigenvalue weighted by molar-refractivity contribution is 5.94. The van der Waals surface area contributed by atoms with Crippen LogP contribution in [0.3, 0.4) is 0 Å². The summed E-state index contributed by atoms with van der Waals surface area (Å²) in [6.07, 6.45) is 5.04. The fourth-order valence-electron chi connectivity index (χ4n) is 3.96. The number of fused-ring (bicyclic) bond motifs is 1. The molecule has 2 heterocycles. The SMILES string of the molecule is O=C(c1cc[nH]c1)N1CCN(C2Cc3ccccc3C2)C[C@@H](O)C1. The van der Waals surface area contributed by atoms with E-state index >= 15 is 0 Å². The Morgan fingerprint density at radius 1 is 1.08 bits per heavy atom. The smallest absolute Gasteiger partial charge is 0.255 e. The highest BCUT2D eigenvalue weighted by Gasteiger charge is 2.31.